The summed E-state index contributed by atoms with van der Waals surface area (Å²) in [5.74, 6) is 0.607. The Bertz CT molecular complexity index is 2240. The minimum Gasteiger partial charge on any atom is -0.309 e. The molecule has 0 aromatic heterocycles. The number of anilines is 3. The van der Waals surface area contributed by atoms with E-state index in [1.165, 1.54) is 110 Å². The van der Waals surface area contributed by atoms with Crippen molar-refractivity contribution in [2.24, 2.45) is 0 Å². The Balaban J connectivity index is 1.46. The van der Waals surface area contributed by atoms with E-state index >= 15 is 0 Å². The molecule has 1 heteroatoms. The molecule has 0 bridgehead atoms. The summed E-state index contributed by atoms with van der Waals surface area (Å²) < 4.78 is 0. The Morgan fingerprint density at radius 2 is 1.10 bits per heavy atom. The van der Waals surface area contributed by atoms with E-state index < -0.39 is 0 Å². The molecule has 0 heterocycles. The molecule has 0 amide bonds. The van der Waals surface area contributed by atoms with Gasteiger partial charge in [-0.3, -0.25) is 0 Å². The lowest BCUT2D eigenvalue weighted by Gasteiger charge is -2.34. The molecule has 6 aromatic rings. The van der Waals surface area contributed by atoms with Crippen LogP contribution in [0.1, 0.15) is 121 Å². The van der Waals surface area contributed by atoms with Crippen LogP contribution in [0.15, 0.2) is 121 Å². The Labute approximate surface area is 312 Å². The van der Waals surface area contributed by atoms with Crippen LogP contribution in [-0.4, -0.2) is 0 Å². The molecule has 1 fully saturated rings. The minimum absolute atomic E-state index is 0.0149. The molecule has 0 aliphatic heterocycles. The smallest absolute Gasteiger partial charge is 0.0543 e. The number of hydrogen-bond donors (Lipinski definition) is 0. The summed E-state index contributed by atoms with van der Waals surface area (Å²) in [5.41, 5.74) is 15.9. The van der Waals surface area contributed by atoms with Gasteiger partial charge in [0.1, 0.15) is 0 Å². The normalized spacial score (nSPS) is 15.8. The molecule has 0 saturated heterocycles. The number of rotatable bonds is 5. The van der Waals surface area contributed by atoms with Crippen LogP contribution in [0, 0.1) is 0 Å². The summed E-state index contributed by atoms with van der Waals surface area (Å²) in [6.07, 6.45) is 6.57. The second-order valence-electron chi connectivity index (χ2n) is 18.1. The summed E-state index contributed by atoms with van der Waals surface area (Å²) in [5, 5.41) is 2.76. The fraction of sp³-hybridized carbons (Fsp3) is 0.333. The van der Waals surface area contributed by atoms with Crippen LogP contribution in [0.2, 0.25) is 0 Å². The van der Waals surface area contributed by atoms with Gasteiger partial charge in [0.05, 0.1) is 11.4 Å². The Kier molecular flexibility index (Phi) is 8.48. The molecule has 0 unspecified atom stereocenters. The Morgan fingerprint density at radius 3 is 1.79 bits per heavy atom. The van der Waals surface area contributed by atoms with E-state index in [4.69, 9.17) is 0 Å². The van der Waals surface area contributed by atoms with Crippen molar-refractivity contribution in [3.05, 3.63) is 149 Å². The maximum atomic E-state index is 2.61. The molecule has 264 valence electrons. The highest BCUT2D eigenvalue weighted by Gasteiger charge is 2.38. The van der Waals surface area contributed by atoms with Gasteiger partial charge in [-0.1, -0.05) is 172 Å². The van der Waals surface area contributed by atoms with Crippen LogP contribution in [0.5, 0.6) is 0 Å². The summed E-state index contributed by atoms with van der Waals surface area (Å²) in [6.45, 7) is 18.9. The number of hydrogen-bond acceptors (Lipinski definition) is 1. The highest BCUT2D eigenvalue weighted by atomic mass is 15.1. The molecular weight excluding hydrogens is 627 g/mol. The van der Waals surface area contributed by atoms with E-state index in [1.54, 1.807) is 0 Å². The maximum absolute atomic E-state index is 2.61. The number of para-hydroxylation sites is 1. The minimum atomic E-state index is -0.0958. The van der Waals surface area contributed by atoms with Gasteiger partial charge in [0, 0.05) is 22.2 Å². The van der Waals surface area contributed by atoms with E-state index in [2.05, 4.69) is 182 Å². The van der Waals surface area contributed by atoms with Crippen molar-refractivity contribution < 1.29 is 0 Å². The Hall–Kier alpha value is -4.62. The average molecular weight is 682 g/mol. The first-order valence-corrected chi connectivity index (χ1v) is 19.6. The van der Waals surface area contributed by atoms with Crippen molar-refractivity contribution in [2.45, 2.75) is 110 Å². The van der Waals surface area contributed by atoms with Crippen LogP contribution in [0.3, 0.4) is 0 Å². The lowest BCUT2D eigenvalue weighted by molar-refractivity contribution is 0.445. The first kappa shape index (κ1) is 34.5. The predicted octanol–water partition coefficient (Wildman–Crippen LogP) is 14.9. The third kappa shape index (κ3) is 5.87. The summed E-state index contributed by atoms with van der Waals surface area (Å²) in [6, 6.07) is 46.7. The van der Waals surface area contributed by atoms with Gasteiger partial charge in [-0.15, -0.1) is 0 Å². The quantitative estimate of drug-likeness (QED) is 0.175. The fourth-order valence-corrected chi connectivity index (χ4v) is 9.18. The fourth-order valence-electron chi connectivity index (χ4n) is 9.18. The van der Waals surface area contributed by atoms with Crippen molar-refractivity contribution in [1.82, 2.24) is 0 Å². The molecular formula is C51H55N. The van der Waals surface area contributed by atoms with Crippen molar-refractivity contribution in [2.75, 3.05) is 4.90 Å². The molecule has 52 heavy (non-hydrogen) atoms. The zero-order valence-electron chi connectivity index (χ0n) is 32.6. The lowest BCUT2D eigenvalue weighted by Crippen LogP contribution is -2.20. The number of benzene rings is 6. The lowest BCUT2D eigenvalue weighted by atomic mass is 9.79. The van der Waals surface area contributed by atoms with Crippen molar-refractivity contribution in [1.29, 1.82) is 0 Å². The molecule has 0 atom stereocenters. The van der Waals surface area contributed by atoms with Crippen LogP contribution < -0.4 is 4.90 Å². The predicted molar refractivity (Wildman–Crippen MR) is 225 cm³/mol. The van der Waals surface area contributed by atoms with Crippen molar-refractivity contribution in [3.8, 4) is 22.3 Å². The van der Waals surface area contributed by atoms with Crippen LogP contribution >= 0.6 is 0 Å². The van der Waals surface area contributed by atoms with Crippen LogP contribution in [0.4, 0.5) is 17.1 Å². The highest BCUT2D eigenvalue weighted by Crippen LogP contribution is 2.55. The molecule has 0 radical (unpaired) electrons. The van der Waals surface area contributed by atoms with Gasteiger partial charge in [-0.25, -0.2) is 0 Å². The van der Waals surface area contributed by atoms with Gasteiger partial charge in [0.2, 0.25) is 0 Å². The van der Waals surface area contributed by atoms with Crippen LogP contribution in [0.25, 0.3) is 33.0 Å². The molecule has 1 saturated carbocycles. The zero-order valence-corrected chi connectivity index (χ0v) is 32.6. The molecule has 8 rings (SSSR count). The molecule has 2 aliphatic rings. The maximum Gasteiger partial charge on any atom is 0.0543 e. The first-order valence-electron chi connectivity index (χ1n) is 19.6. The average Bonchev–Trinajstić information content (AvgIpc) is 3.37. The topological polar surface area (TPSA) is 3.24 Å². The van der Waals surface area contributed by atoms with E-state index in [9.17, 15) is 0 Å². The standard InChI is InChI=1S/C51H55N/c1-49(2,3)36-31-37(50(4,5)6)33-38(32-36)52(46-30-18-28-44-48(46)42-24-12-14-27-43(42)51(44,7)8)45-29-15-13-23-40(45)41-26-17-22-35-21-16-25-39(47(35)41)34-19-10-9-11-20-34/h12-18,21-34H,9-11,19-20H2,1-8H3. The van der Waals surface area contributed by atoms with E-state index in [0.717, 1.165) is 0 Å². The van der Waals surface area contributed by atoms with E-state index in [1.807, 2.05) is 0 Å². The number of fused-ring (bicyclic) bond motifs is 4. The molecule has 0 N–H and O–H groups in total. The number of nitrogens with zero attached hydrogens (tertiary/aromatic N) is 1. The van der Waals surface area contributed by atoms with Gasteiger partial charge < -0.3 is 4.90 Å². The van der Waals surface area contributed by atoms with Gasteiger partial charge in [-0.05, 0) is 104 Å². The van der Waals surface area contributed by atoms with Gasteiger partial charge in [0.25, 0.3) is 0 Å². The SMILES string of the molecule is CC(C)(C)c1cc(N(c2ccccc2-c2cccc3cccc(C4CCCCC4)c23)c2cccc3c2-c2ccccc2C3(C)C)cc(C(C)(C)C)c1. The Morgan fingerprint density at radius 1 is 0.538 bits per heavy atom. The van der Waals surface area contributed by atoms with E-state index in [-0.39, 0.29) is 16.2 Å². The summed E-state index contributed by atoms with van der Waals surface area (Å²) in [7, 11) is 0. The first-order chi connectivity index (χ1) is 24.8. The van der Waals surface area contributed by atoms with E-state index in [0.29, 0.717) is 5.92 Å². The second kappa shape index (κ2) is 12.8. The third-order valence-electron chi connectivity index (χ3n) is 12.2. The van der Waals surface area contributed by atoms with Gasteiger partial charge in [-0.2, -0.15) is 0 Å². The van der Waals surface area contributed by atoms with Crippen molar-refractivity contribution in [3.63, 3.8) is 0 Å². The zero-order chi connectivity index (χ0) is 36.4. The summed E-state index contributed by atoms with van der Waals surface area (Å²) in [4.78, 5) is 2.61. The summed E-state index contributed by atoms with van der Waals surface area (Å²) >= 11 is 0. The molecule has 1 nitrogen and oxygen atoms in total. The van der Waals surface area contributed by atoms with Gasteiger partial charge >= 0.3 is 0 Å². The largest absolute Gasteiger partial charge is 0.309 e. The van der Waals surface area contributed by atoms with Crippen LogP contribution in [-0.2, 0) is 16.2 Å². The molecule has 0 spiro atoms. The molecule has 2 aliphatic carbocycles. The third-order valence-corrected chi connectivity index (χ3v) is 12.2. The van der Waals surface area contributed by atoms with Crippen molar-refractivity contribution >= 4 is 27.8 Å². The monoisotopic (exact) mass is 681 g/mol. The van der Waals surface area contributed by atoms with Gasteiger partial charge in [0.15, 0.2) is 0 Å². The highest BCUT2D eigenvalue weighted by molar-refractivity contribution is 6.05. The molecule has 6 aromatic carbocycles. The second-order valence-corrected chi connectivity index (χ2v) is 18.1.